The third-order valence-electron chi connectivity index (χ3n) is 5.20. The quantitative estimate of drug-likeness (QED) is 0.508. The van der Waals surface area contributed by atoms with E-state index in [0.29, 0.717) is 12.4 Å². The van der Waals surface area contributed by atoms with E-state index in [4.69, 9.17) is 14.7 Å². The lowest BCUT2D eigenvalue weighted by Gasteiger charge is -2.26. The molecule has 5 rings (SSSR count). The molecule has 0 saturated heterocycles. The van der Waals surface area contributed by atoms with Crippen LogP contribution >= 0.6 is 22.7 Å². The maximum Gasteiger partial charge on any atom is 0.255 e. The molecule has 1 aromatic carbocycles. The third kappa shape index (κ3) is 3.81. The Morgan fingerprint density at radius 2 is 2.03 bits per heavy atom. The van der Waals surface area contributed by atoms with E-state index >= 15 is 0 Å². The minimum Gasteiger partial charge on any atom is -0.497 e. The van der Waals surface area contributed by atoms with E-state index in [1.54, 1.807) is 29.8 Å². The highest BCUT2D eigenvalue weighted by Gasteiger charge is 2.22. The van der Waals surface area contributed by atoms with Crippen LogP contribution in [-0.4, -0.2) is 33.5 Å². The fourth-order valence-electron chi connectivity index (χ4n) is 3.62. The van der Waals surface area contributed by atoms with Crippen LogP contribution in [0.4, 0.5) is 0 Å². The van der Waals surface area contributed by atoms with Crippen LogP contribution in [0.15, 0.2) is 52.0 Å². The minimum atomic E-state index is -0.0360. The summed E-state index contributed by atoms with van der Waals surface area (Å²) in [6.07, 6.45) is 0.772. The maximum atomic E-state index is 12.7. The number of thiazole rings is 1. The van der Waals surface area contributed by atoms with E-state index < -0.39 is 0 Å². The van der Waals surface area contributed by atoms with Crippen molar-refractivity contribution in [2.75, 3.05) is 13.7 Å². The molecule has 1 aliphatic rings. The van der Waals surface area contributed by atoms with E-state index in [9.17, 15) is 4.79 Å². The van der Waals surface area contributed by atoms with Gasteiger partial charge in [-0.2, -0.15) is 0 Å². The molecule has 0 aliphatic carbocycles. The van der Waals surface area contributed by atoms with E-state index in [2.05, 4.69) is 15.3 Å². The van der Waals surface area contributed by atoms with Gasteiger partial charge in [0.05, 0.1) is 35.5 Å². The van der Waals surface area contributed by atoms with Crippen LogP contribution in [0.2, 0.25) is 0 Å². The Labute approximate surface area is 181 Å². The van der Waals surface area contributed by atoms with Gasteiger partial charge in [-0.25, -0.2) is 9.97 Å². The average molecular weight is 437 g/mol. The van der Waals surface area contributed by atoms with Gasteiger partial charge in [0.2, 0.25) is 0 Å². The number of aromatic amines is 1. The van der Waals surface area contributed by atoms with Gasteiger partial charge in [-0.15, -0.1) is 22.7 Å². The second kappa shape index (κ2) is 8.14. The van der Waals surface area contributed by atoms with Gasteiger partial charge >= 0.3 is 0 Å². The summed E-state index contributed by atoms with van der Waals surface area (Å²) in [5.41, 5.74) is 3.69. The van der Waals surface area contributed by atoms with Gasteiger partial charge in [-0.1, -0.05) is 6.07 Å². The fraction of sp³-hybridized carbons (Fsp3) is 0.227. The van der Waals surface area contributed by atoms with E-state index in [0.717, 1.165) is 57.7 Å². The number of thiophene rings is 1. The Hall–Kier alpha value is -2.81. The number of rotatable bonds is 5. The highest BCUT2D eigenvalue weighted by atomic mass is 32.1. The summed E-state index contributed by atoms with van der Waals surface area (Å²) < 4.78 is 5.22. The smallest absolute Gasteiger partial charge is 0.255 e. The van der Waals surface area contributed by atoms with Crippen LogP contribution in [0.1, 0.15) is 16.3 Å². The molecule has 30 heavy (non-hydrogen) atoms. The predicted molar refractivity (Wildman–Crippen MR) is 120 cm³/mol. The van der Waals surface area contributed by atoms with E-state index in [1.165, 1.54) is 0 Å². The molecule has 0 fully saturated rings. The number of nitrogens with one attached hydrogen (secondary N) is 1. The predicted octanol–water partition coefficient (Wildman–Crippen LogP) is 4.19. The Morgan fingerprint density at radius 1 is 1.17 bits per heavy atom. The number of benzene rings is 1. The van der Waals surface area contributed by atoms with Gasteiger partial charge < -0.3 is 9.72 Å². The van der Waals surface area contributed by atoms with Crippen molar-refractivity contribution in [3.8, 4) is 27.7 Å². The molecule has 0 atom stereocenters. The molecule has 4 heterocycles. The molecule has 0 spiro atoms. The SMILES string of the molecule is COc1ccc(-c2csc(CN3CCc4nc(-c5cccs5)[nH]c(=O)c4C3)n2)cc1. The van der Waals surface area contributed by atoms with Crippen LogP contribution in [0.25, 0.3) is 22.0 Å². The third-order valence-corrected chi connectivity index (χ3v) is 6.91. The summed E-state index contributed by atoms with van der Waals surface area (Å²) in [5, 5.41) is 5.12. The number of ether oxygens (including phenoxy) is 1. The fourth-order valence-corrected chi connectivity index (χ4v) is 5.13. The molecular formula is C22H20N4O2S2. The van der Waals surface area contributed by atoms with Crippen molar-refractivity contribution >= 4 is 22.7 Å². The number of hydrogen-bond donors (Lipinski definition) is 1. The molecule has 4 aromatic rings. The lowest BCUT2D eigenvalue weighted by Crippen LogP contribution is -2.35. The van der Waals surface area contributed by atoms with Crippen molar-refractivity contribution < 1.29 is 4.74 Å². The molecule has 1 aliphatic heterocycles. The first-order valence-corrected chi connectivity index (χ1v) is 11.4. The van der Waals surface area contributed by atoms with Gasteiger partial charge in [0.15, 0.2) is 5.82 Å². The largest absolute Gasteiger partial charge is 0.497 e. The van der Waals surface area contributed by atoms with Gasteiger partial charge in [0.25, 0.3) is 5.56 Å². The van der Waals surface area contributed by atoms with Crippen LogP contribution in [0, 0.1) is 0 Å². The number of fused-ring (bicyclic) bond motifs is 1. The lowest BCUT2D eigenvalue weighted by molar-refractivity contribution is 0.241. The summed E-state index contributed by atoms with van der Waals surface area (Å²) in [4.78, 5) is 28.4. The Balaban J connectivity index is 1.31. The van der Waals surface area contributed by atoms with Crippen molar-refractivity contribution in [2.24, 2.45) is 0 Å². The summed E-state index contributed by atoms with van der Waals surface area (Å²) in [6.45, 7) is 2.19. The molecule has 0 radical (unpaired) electrons. The molecular weight excluding hydrogens is 416 g/mol. The number of methoxy groups -OCH3 is 1. The second-order valence-corrected chi connectivity index (χ2v) is 9.02. The topological polar surface area (TPSA) is 71.1 Å². The van der Waals surface area contributed by atoms with Gasteiger partial charge in [0, 0.05) is 30.5 Å². The molecule has 8 heteroatoms. The normalized spacial score (nSPS) is 13.9. The van der Waals surface area contributed by atoms with Gasteiger partial charge in [0.1, 0.15) is 10.8 Å². The van der Waals surface area contributed by atoms with Crippen LogP contribution < -0.4 is 10.3 Å². The van der Waals surface area contributed by atoms with Gasteiger partial charge in [-0.05, 0) is 35.7 Å². The number of aromatic nitrogens is 3. The molecule has 152 valence electrons. The van der Waals surface area contributed by atoms with Crippen molar-refractivity contribution in [3.63, 3.8) is 0 Å². The summed E-state index contributed by atoms with van der Waals surface area (Å²) in [7, 11) is 1.66. The summed E-state index contributed by atoms with van der Waals surface area (Å²) >= 11 is 3.23. The molecule has 0 unspecified atom stereocenters. The van der Waals surface area contributed by atoms with Crippen LogP contribution in [0.3, 0.4) is 0 Å². The highest BCUT2D eigenvalue weighted by Crippen LogP contribution is 2.26. The van der Waals surface area contributed by atoms with Crippen molar-refractivity contribution in [1.82, 2.24) is 19.9 Å². The molecule has 0 amide bonds. The first-order valence-electron chi connectivity index (χ1n) is 9.67. The lowest BCUT2D eigenvalue weighted by atomic mass is 10.1. The number of nitrogens with zero attached hydrogens (tertiary/aromatic N) is 3. The molecule has 1 N–H and O–H groups in total. The Kier molecular flexibility index (Phi) is 5.20. The summed E-state index contributed by atoms with van der Waals surface area (Å²) in [6, 6.07) is 11.9. The maximum absolute atomic E-state index is 12.7. The first-order chi connectivity index (χ1) is 14.7. The molecule has 0 bridgehead atoms. The van der Waals surface area contributed by atoms with Crippen molar-refractivity contribution in [3.05, 3.63) is 73.8 Å². The number of hydrogen-bond acceptors (Lipinski definition) is 7. The monoisotopic (exact) mass is 436 g/mol. The van der Waals surface area contributed by atoms with Crippen LogP contribution in [-0.2, 0) is 19.5 Å². The summed E-state index contributed by atoms with van der Waals surface area (Å²) in [5.74, 6) is 1.51. The van der Waals surface area contributed by atoms with Gasteiger partial charge in [-0.3, -0.25) is 9.69 Å². The minimum absolute atomic E-state index is 0.0360. The molecule has 0 saturated carbocycles. The standard InChI is InChI=1S/C22H20N4O2S2/c1-28-15-6-4-14(5-7-15)18-13-30-20(23-18)12-26-9-8-17-16(11-26)22(27)25-21(24-17)19-3-2-10-29-19/h2-7,10,13H,8-9,11-12H2,1H3,(H,24,25,27). The zero-order chi connectivity index (χ0) is 20.5. The number of H-pyrrole nitrogens is 1. The Morgan fingerprint density at radius 3 is 2.80 bits per heavy atom. The van der Waals surface area contributed by atoms with Crippen molar-refractivity contribution in [1.29, 1.82) is 0 Å². The first kappa shape index (κ1) is 19.2. The average Bonchev–Trinajstić information content (AvgIpc) is 3.47. The second-order valence-electron chi connectivity index (χ2n) is 7.13. The Bertz CT molecular complexity index is 1210. The highest BCUT2D eigenvalue weighted by molar-refractivity contribution is 7.13. The molecule has 6 nitrogen and oxygen atoms in total. The van der Waals surface area contributed by atoms with Crippen LogP contribution in [0.5, 0.6) is 5.75 Å². The van der Waals surface area contributed by atoms with Crippen molar-refractivity contribution in [2.45, 2.75) is 19.5 Å². The van der Waals surface area contributed by atoms with E-state index in [1.807, 2.05) is 41.8 Å². The molecule has 3 aromatic heterocycles. The van der Waals surface area contributed by atoms with E-state index in [-0.39, 0.29) is 5.56 Å². The zero-order valence-electron chi connectivity index (χ0n) is 16.4. The zero-order valence-corrected chi connectivity index (χ0v) is 18.1.